The van der Waals surface area contributed by atoms with Gasteiger partial charge in [-0.05, 0) is 44.4 Å². The van der Waals surface area contributed by atoms with Crippen LogP contribution in [0.5, 0.6) is 0 Å². The average molecular weight is 234 g/mol. The van der Waals surface area contributed by atoms with E-state index in [0.717, 1.165) is 24.0 Å². The van der Waals surface area contributed by atoms with Gasteiger partial charge in [0.05, 0.1) is 0 Å². The predicted molar refractivity (Wildman–Crippen MR) is 72.1 cm³/mol. The van der Waals surface area contributed by atoms with Gasteiger partial charge < -0.3 is 5.32 Å². The van der Waals surface area contributed by atoms with Crippen molar-refractivity contribution in [2.75, 3.05) is 13.1 Å². The molecule has 2 fully saturated rings. The van der Waals surface area contributed by atoms with Crippen LogP contribution >= 0.6 is 0 Å². The highest BCUT2D eigenvalue weighted by atomic mass is 15.3. The highest BCUT2D eigenvalue weighted by Gasteiger charge is 2.38. The molecule has 2 aliphatic carbocycles. The summed E-state index contributed by atoms with van der Waals surface area (Å²) in [4.78, 5) is 2.84. The van der Waals surface area contributed by atoms with Gasteiger partial charge >= 0.3 is 0 Å². The standard InChI is InChI=1S/C15H26N2/c1-2-13-10-16-15(12-8-9-12)11-17(13)14-6-4-3-5-7-14/h3-4,12-16H,2,5-11H2,1H3. The molecule has 0 amide bonds. The molecule has 17 heavy (non-hydrogen) atoms. The summed E-state index contributed by atoms with van der Waals surface area (Å²) in [5.74, 6) is 0.995. The maximum atomic E-state index is 3.79. The Kier molecular flexibility index (Phi) is 3.53. The van der Waals surface area contributed by atoms with Gasteiger partial charge in [0.25, 0.3) is 0 Å². The van der Waals surface area contributed by atoms with Crippen LogP contribution in [-0.4, -0.2) is 36.1 Å². The molecule has 0 spiro atoms. The molecule has 1 saturated carbocycles. The van der Waals surface area contributed by atoms with Gasteiger partial charge in [-0.2, -0.15) is 0 Å². The fraction of sp³-hybridized carbons (Fsp3) is 0.867. The van der Waals surface area contributed by atoms with E-state index >= 15 is 0 Å². The van der Waals surface area contributed by atoms with E-state index in [4.69, 9.17) is 0 Å². The Morgan fingerprint density at radius 2 is 2.12 bits per heavy atom. The first-order valence-electron chi connectivity index (χ1n) is 7.52. The van der Waals surface area contributed by atoms with E-state index in [2.05, 4.69) is 29.3 Å². The second kappa shape index (κ2) is 5.11. The van der Waals surface area contributed by atoms with Crippen LogP contribution in [-0.2, 0) is 0 Å². The van der Waals surface area contributed by atoms with Gasteiger partial charge in [-0.15, -0.1) is 0 Å². The number of allylic oxidation sites excluding steroid dienone is 1. The van der Waals surface area contributed by atoms with Crippen LogP contribution in [0.15, 0.2) is 12.2 Å². The molecule has 2 nitrogen and oxygen atoms in total. The molecule has 3 aliphatic rings. The Labute approximate surface area is 105 Å². The van der Waals surface area contributed by atoms with Crippen molar-refractivity contribution >= 4 is 0 Å². The number of hydrogen-bond donors (Lipinski definition) is 1. The van der Waals surface area contributed by atoms with Crippen molar-refractivity contribution < 1.29 is 0 Å². The Balaban J connectivity index is 1.66. The number of piperazine rings is 1. The van der Waals surface area contributed by atoms with Crippen molar-refractivity contribution in [3.05, 3.63) is 12.2 Å². The largest absolute Gasteiger partial charge is 0.311 e. The van der Waals surface area contributed by atoms with E-state index in [1.54, 1.807) is 0 Å². The summed E-state index contributed by atoms with van der Waals surface area (Å²) in [5, 5.41) is 3.79. The minimum Gasteiger partial charge on any atom is -0.311 e. The van der Waals surface area contributed by atoms with Gasteiger partial charge in [-0.25, -0.2) is 0 Å². The molecule has 3 unspecified atom stereocenters. The van der Waals surface area contributed by atoms with Crippen LogP contribution in [0.25, 0.3) is 0 Å². The van der Waals surface area contributed by atoms with Gasteiger partial charge in [0.15, 0.2) is 0 Å². The molecule has 0 aromatic carbocycles. The van der Waals surface area contributed by atoms with Crippen molar-refractivity contribution in [3.63, 3.8) is 0 Å². The predicted octanol–water partition coefficient (Wildman–Crippen LogP) is 2.56. The summed E-state index contributed by atoms with van der Waals surface area (Å²) in [6.07, 6.45) is 12.9. The third kappa shape index (κ3) is 2.58. The lowest BCUT2D eigenvalue weighted by molar-refractivity contribution is 0.0684. The SMILES string of the molecule is CCC1CNC(C2CC2)CN1C1CC=CCC1. The van der Waals surface area contributed by atoms with E-state index in [9.17, 15) is 0 Å². The van der Waals surface area contributed by atoms with Crippen LogP contribution in [0.1, 0.15) is 45.4 Å². The van der Waals surface area contributed by atoms with E-state index in [-0.39, 0.29) is 0 Å². The van der Waals surface area contributed by atoms with Crippen LogP contribution in [0.3, 0.4) is 0 Å². The summed E-state index contributed by atoms with van der Waals surface area (Å²) >= 11 is 0. The number of nitrogens with zero attached hydrogens (tertiary/aromatic N) is 1. The van der Waals surface area contributed by atoms with E-state index < -0.39 is 0 Å². The zero-order chi connectivity index (χ0) is 11.7. The maximum absolute atomic E-state index is 3.79. The smallest absolute Gasteiger partial charge is 0.0224 e. The topological polar surface area (TPSA) is 15.3 Å². The summed E-state index contributed by atoms with van der Waals surface area (Å²) < 4.78 is 0. The first-order chi connectivity index (χ1) is 8.38. The highest BCUT2D eigenvalue weighted by molar-refractivity contribution is 5.00. The summed E-state index contributed by atoms with van der Waals surface area (Å²) in [6, 6.07) is 2.40. The molecule has 2 heteroatoms. The molecule has 1 saturated heterocycles. The summed E-state index contributed by atoms with van der Waals surface area (Å²) in [5.41, 5.74) is 0. The van der Waals surface area contributed by atoms with Gasteiger partial charge in [0.2, 0.25) is 0 Å². The summed E-state index contributed by atoms with van der Waals surface area (Å²) in [6.45, 7) is 4.87. The van der Waals surface area contributed by atoms with E-state index in [1.165, 1.54) is 51.6 Å². The number of nitrogens with one attached hydrogen (secondary N) is 1. The van der Waals surface area contributed by atoms with Crippen molar-refractivity contribution in [1.29, 1.82) is 0 Å². The fourth-order valence-corrected chi connectivity index (χ4v) is 3.56. The highest BCUT2D eigenvalue weighted by Crippen LogP contribution is 2.35. The van der Waals surface area contributed by atoms with E-state index in [1.807, 2.05) is 0 Å². The zero-order valence-corrected chi connectivity index (χ0v) is 11.1. The van der Waals surface area contributed by atoms with Gasteiger partial charge in [-0.1, -0.05) is 19.1 Å². The Hall–Kier alpha value is -0.340. The van der Waals surface area contributed by atoms with Crippen molar-refractivity contribution in [2.24, 2.45) is 5.92 Å². The second-order valence-electron chi connectivity index (χ2n) is 6.05. The Morgan fingerprint density at radius 3 is 2.76 bits per heavy atom. The zero-order valence-electron chi connectivity index (χ0n) is 11.1. The first-order valence-corrected chi connectivity index (χ1v) is 7.52. The van der Waals surface area contributed by atoms with Gasteiger partial charge in [0.1, 0.15) is 0 Å². The average Bonchev–Trinajstić information content (AvgIpc) is 3.23. The third-order valence-corrected chi connectivity index (χ3v) is 4.86. The molecular weight excluding hydrogens is 208 g/mol. The summed E-state index contributed by atoms with van der Waals surface area (Å²) in [7, 11) is 0. The Morgan fingerprint density at radius 1 is 1.24 bits per heavy atom. The molecule has 96 valence electrons. The van der Waals surface area contributed by atoms with Crippen LogP contribution in [0, 0.1) is 5.92 Å². The van der Waals surface area contributed by atoms with Crippen LogP contribution in [0.4, 0.5) is 0 Å². The fourth-order valence-electron chi connectivity index (χ4n) is 3.56. The van der Waals surface area contributed by atoms with E-state index in [0.29, 0.717) is 0 Å². The Bertz CT molecular complexity index is 283. The van der Waals surface area contributed by atoms with Crippen molar-refractivity contribution in [1.82, 2.24) is 10.2 Å². The molecule has 0 bridgehead atoms. The minimum absolute atomic E-state index is 0.779. The number of hydrogen-bond acceptors (Lipinski definition) is 2. The lowest BCUT2D eigenvalue weighted by Crippen LogP contribution is -2.60. The molecule has 0 aromatic heterocycles. The van der Waals surface area contributed by atoms with Crippen LogP contribution in [0.2, 0.25) is 0 Å². The monoisotopic (exact) mass is 234 g/mol. The lowest BCUT2D eigenvalue weighted by Gasteiger charge is -2.45. The second-order valence-corrected chi connectivity index (χ2v) is 6.05. The maximum Gasteiger partial charge on any atom is 0.0224 e. The van der Waals surface area contributed by atoms with Gasteiger partial charge in [-0.3, -0.25) is 4.90 Å². The molecule has 3 rings (SSSR count). The van der Waals surface area contributed by atoms with Crippen LogP contribution < -0.4 is 5.32 Å². The molecule has 1 aliphatic heterocycles. The molecule has 3 atom stereocenters. The normalized spacial score (nSPS) is 39.5. The lowest BCUT2D eigenvalue weighted by atomic mass is 9.94. The molecule has 1 N–H and O–H groups in total. The minimum atomic E-state index is 0.779. The molecule has 0 aromatic rings. The molecule has 1 heterocycles. The number of rotatable bonds is 3. The third-order valence-electron chi connectivity index (χ3n) is 4.86. The van der Waals surface area contributed by atoms with Crippen molar-refractivity contribution in [2.45, 2.75) is 63.6 Å². The molecular formula is C15H26N2. The van der Waals surface area contributed by atoms with Crippen molar-refractivity contribution in [3.8, 4) is 0 Å². The molecule has 0 radical (unpaired) electrons. The quantitative estimate of drug-likeness (QED) is 0.755. The first kappa shape index (κ1) is 11.7. The van der Waals surface area contributed by atoms with Gasteiger partial charge in [0, 0.05) is 31.2 Å².